The van der Waals surface area contributed by atoms with E-state index in [9.17, 15) is 14.7 Å². The largest absolute Gasteiger partial charge is 0.504 e. The monoisotopic (exact) mass is 367 g/mol. The molecule has 0 aliphatic rings. The van der Waals surface area contributed by atoms with Crippen LogP contribution >= 0.6 is 0 Å². The van der Waals surface area contributed by atoms with Crippen molar-refractivity contribution in [1.29, 1.82) is 0 Å². The van der Waals surface area contributed by atoms with Crippen molar-refractivity contribution in [3.63, 3.8) is 0 Å². The molecule has 0 radical (unpaired) electrons. The number of aryl methyl sites for hydroxylation is 1. The van der Waals surface area contributed by atoms with Crippen molar-refractivity contribution in [2.75, 3.05) is 6.61 Å². The summed E-state index contributed by atoms with van der Waals surface area (Å²) in [6.45, 7) is 2.34. The first-order valence-electron chi connectivity index (χ1n) is 8.79. The molecule has 0 saturated heterocycles. The number of aromatic hydroxyl groups is 1. The van der Waals surface area contributed by atoms with Crippen molar-refractivity contribution in [1.82, 2.24) is 4.57 Å². The molecule has 0 bridgehead atoms. The quantitative estimate of drug-likeness (QED) is 0.409. The van der Waals surface area contributed by atoms with Crippen molar-refractivity contribution in [3.05, 3.63) is 64.4 Å². The normalized spacial score (nSPS) is 10.7. The number of rotatable bonds is 6. The lowest BCUT2D eigenvalue weighted by atomic mass is 10.1. The van der Waals surface area contributed by atoms with Gasteiger partial charge in [0, 0.05) is 12.4 Å². The zero-order chi connectivity index (χ0) is 19.4. The summed E-state index contributed by atoms with van der Waals surface area (Å²) in [7, 11) is 1.54. The van der Waals surface area contributed by atoms with Crippen LogP contribution in [0, 0.1) is 0 Å². The summed E-state index contributed by atoms with van der Waals surface area (Å²) in [6, 6.07) is 13.5. The third-order valence-corrected chi connectivity index (χ3v) is 4.26. The average molecular weight is 367 g/mol. The predicted molar refractivity (Wildman–Crippen MR) is 103 cm³/mol. The van der Waals surface area contributed by atoms with Gasteiger partial charge < -0.3 is 19.1 Å². The van der Waals surface area contributed by atoms with Crippen LogP contribution in [-0.2, 0) is 7.05 Å². The number of hydrogen-bond donors (Lipinski definition) is 1. The number of unbranched alkanes of at least 4 members (excludes halogenated alkanes) is 1. The van der Waals surface area contributed by atoms with Crippen LogP contribution in [0.5, 0.6) is 17.2 Å². The van der Waals surface area contributed by atoms with Gasteiger partial charge in [0.2, 0.25) is 5.75 Å². The molecule has 0 saturated carbocycles. The van der Waals surface area contributed by atoms with Gasteiger partial charge in [-0.3, -0.25) is 4.79 Å². The SMILES string of the molecule is CCCCOc1c(O)c2cccc(C(=O)Oc3ccccc3)c2n(C)c1=O. The number of para-hydroxylation sites is 2. The highest BCUT2D eigenvalue weighted by atomic mass is 16.5. The van der Waals surface area contributed by atoms with Crippen molar-refractivity contribution in [3.8, 4) is 17.2 Å². The summed E-state index contributed by atoms with van der Waals surface area (Å²) in [5, 5.41) is 10.9. The van der Waals surface area contributed by atoms with E-state index in [0.29, 0.717) is 23.3 Å². The van der Waals surface area contributed by atoms with E-state index in [1.165, 1.54) is 11.6 Å². The molecular weight excluding hydrogens is 346 g/mol. The van der Waals surface area contributed by atoms with Crippen LogP contribution in [0.4, 0.5) is 0 Å². The minimum absolute atomic E-state index is 0.105. The van der Waals surface area contributed by atoms with Gasteiger partial charge in [-0.1, -0.05) is 37.6 Å². The van der Waals surface area contributed by atoms with Gasteiger partial charge in [-0.15, -0.1) is 0 Å². The molecule has 3 aromatic rings. The van der Waals surface area contributed by atoms with Crippen LogP contribution in [0.2, 0.25) is 0 Å². The summed E-state index contributed by atoms with van der Waals surface area (Å²) in [5.74, 6) is -0.584. The van der Waals surface area contributed by atoms with Crippen molar-refractivity contribution in [2.45, 2.75) is 19.8 Å². The van der Waals surface area contributed by atoms with Crippen molar-refractivity contribution in [2.24, 2.45) is 7.05 Å². The van der Waals surface area contributed by atoms with Gasteiger partial charge in [0.25, 0.3) is 5.56 Å². The molecule has 0 aliphatic heterocycles. The zero-order valence-electron chi connectivity index (χ0n) is 15.3. The molecule has 0 spiro atoms. The number of carbonyl (C=O) groups is 1. The smallest absolute Gasteiger partial charge is 0.345 e. The van der Waals surface area contributed by atoms with Crippen LogP contribution < -0.4 is 15.0 Å². The summed E-state index contributed by atoms with van der Waals surface area (Å²) in [6.07, 6.45) is 1.67. The number of benzene rings is 2. The van der Waals surface area contributed by atoms with Gasteiger partial charge in [0.15, 0.2) is 5.75 Å². The molecule has 2 aromatic carbocycles. The highest BCUT2D eigenvalue weighted by Gasteiger charge is 2.21. The molecule has 140 valence electrons. The van der Waals surface area contributed by atoms with Crippen LogP contribution in [0.25, 0.3) is 10.9 Å². The Balaban J connectivity index is 2.08. The fraction of sp³-hybridized carbons (Fsp3) is 0.238. The van der Waals surface area contributed by atoms with E-state index < -0.39 is 11.5 Å². The van der Waals surface area contributed by atoms with Crippen LogP contribution in [-0.4, -0.2) is 22.2 Å². The van der Waals surface area contributed by atoms with E-state index in [1.807, 2.05) is 13.0 Å². The number of nitrogens with zero attached hydrogens (tertiary/aromatic N) is 1. The zero-order valence-corrected chi connectivity index (χ0v) is 15.3. The molecule has 6 nitrogen and oxygen atoms in total. The molecular formula is C21H21NO5. The van der Waals surface area contributed by atoms with Gasteiger partial charge in [-0.05, 0) is 30.7 Å². The number of hydrogen-bond acceptors (Lipinski definition) is 5. The van der Waals surface area contributed by atoms with Crippen molar-refractivity contribution < 1.29 is 19.4 Å². The Kier molecular flexibility index (Phi) is 5.45. The lowest BCUT2D eigenvalue weighted by molar-refractivity contribution is 0.0736. The maximum atomic E-state index is 12.7. The minimum Gasteiger partial charge on any atom is -0.504 e. The van der Waals surface area contributed by atoms with E-state index in [0.717, 1.165) is 12.8 Å². The number of carbonyl (C=O) groups excluding carboxylic acids is 1. The second-order valence-corrected chi connectivity index (χ2v) is 6.15. The van der Waals surface area contributed by atoms with Crippen LogP contribution in [0.3, 0.4) is 0 Å². The Labute approximate surface area is 156 Å². The van der Waals surface area contributed by atoms with E-state index in [1.54, 1.807) is 42.5 Å². The van der Waals surface area contributed by atoms with Gasteiger partial charge >= 0.3 is 5.97 Å². The number of pyridine rings is 1. The molecule has 0 atom stereocenters. The first kappa shape index (κ1) is 18.5. The van der Waals surface area contributed by atoms with Gasteiger partial charge in [-0.2, -0.15) is 0 Å². The number of esters is 1. The van der Waals surface area contributed by atoms with Gasteiger partial charge in [0.05, 0.1) is 17.7 Å². The number of aromatic nitrogens is 1. The van der Waals surface area contributed by atoms with Crippen molar-refractivity contribution >= 4 is 16.9 Å². The topological polar surface area (TPSA) is 77.8 Å². The third-order valence-electron chi connectivity index (χ3n) is 4.26. The highest BCUT2D eigenvalue weighted by Crippen LogP contribution is 2.33. The molecule has 1 aromatic heterocycles. The maximum absolute atomic E-state index is 12.7. The molecule has 0 aliphatic carbocycles. The lowest BCUT2D eigenvalue weighted by Gasteiger charge is -2.15. The standard InChI is InChI=1S/C21H21NO5/c1-3-4-13-26-19-18(23)15-11-8-12-16(17(15)22(2)20(19)24)21(25)27-14-9-6-5-7-10-14/h5-12,23H,3-4,13H2,1-2H3. The summed E-state index contributed by atoms with van der Waals surface area (Å²) < 4.78 is 12.2. The second-order valence-electron chi connectivity index (χ2n) is 6.15. The Hall–Kier alpha value is -3.28. The Morgan fingerprint density at radius 3 is 2.56 bits per heavy atom. The number of fused-ring (bicyclic) bond motifs is 1. The summed E-state index contributed by atoms with van der Waals surface area (Å²) in [4.78, 5) is 25.3. The predicted octanol–water partition coefficient (Wildman–Crippen LogP) is 3.64. The Bertz CT molecular complexity index is 1020. The molecule has 1 N–H and O–H groups in total. The molecule has 27 heavy (non-hydrogen) atoms. The summed E-state index contributed by atoms with van der Waals surface area (Å²) >= 11 is 0. The molecule has 6 heteroatoms. The van der Waals surface area contributed by atoms with Crippen LogP contribution in [0.1, 0.15) is 30.1 Å². The average Bonchev–Trinajstić information content (AvgIpc) is 2.69. The minimum atomic E-state index is -0.610. The molecule has 0 amide bonds. The lowest BCUT2D eigenvalue weighted by Crippen LogP contribution is -2.22. The number of ether oxygens (including phenoxy) is 2. The van der Waals surface area contributed by atoms with Gasteiger partial charge in [0.1, 0.15) is 5.75 Å². The first-order valence-corrected chi connectivity index (χ1v) is 8.79. The molecule has 1 heterocycles. The van der Waals surface area contributed by atoms with E-state index in [-0.39, 0.29) is 17.1 Å². The van der Waals surface area contributed by atoms with Crippen LogP contribution in [0.15, 0.2) is 53.3 Å². The first-order chi connectivity index (χ1) is 13.0. The van der Waals surface area contributed by atoms with E-state index in [2.05, 4.69) is 0 Å². The molecule has 3 rings (SSSR count). The second kappa shape index (κ2) is 7.95. The highest BCUT2D eigenvalue weighted by molar-refractivity contribution is 6.05. The van der Waals surface area contributed by atoms with Gasteiger partial charge in [-0.25, -0.2) is 4.79 Å². The fourth-order valence-corrected chi connectivity index (χ4v) is 2.84. The fourth-order valence-electron chi connectivity index (χ4n) is 2.84. The Morgan fingerprint density at radius 1 is 1.11 bits per heavy atom. The third kappa shape index (κ3) is 3.65. The maximum Gasteiger partial charge on any atom is 0.345 e. The van der Waals surface area contributed by atoms with E-state index >= 15 is 0 Å². The van der Waals surface area contributed by atoms with E-state index in [4.69, 9.17) is 9.47 Å². The molecule has 0 fully saturated rings. The Morgan fingerprint density at radius 2 is 1.85 bits per heavy atom. The molecule has 0 unspecified atom stereocenters. The summed E-state index contributed by atoms with van der Waals surface area (Å²) in [5.41, 5.74) is -0.0220.